The largest absolute Gasteiger partial charge is 0.493 e. The van der Waals surface area contributed by atoms with Crippen LogP contribution in [0.3, 0.4) is 0 Å². The molecule has 0 amide bonds. The Morgan fingerprint density at radius 3 is 2.93 bits per heavy atom. The van der Waals surface area contributed by atoms with Gasteiger partial charge in [0.25, 0.3) is 5.89 Å². The molecular formula is C21H18N2O6. The van der Waals surface area contributed by atoms with Gasteiger partial charge in [0.1, 0.15) is 5.75 Å². The summed E-state index contributed by atoms with van der Waals surface area (Å²) in [6.45, 7) is 2.49. The Balaban J connectivity index is 1.36. The van der Waals surface area contributed by atoms with E-state index in [-0.39, 0.29) is 19.3 Å². The highest BCUT2D eigenvalue weighted by molar-refractivity contribution is 5.87. The van der Waals surface area contributed by atoms with Crippen LogP contribution in [0.5, 0.6) is 17.2 Å². The quantitative estimate of drug-likeness (QED) is 0.443. The molecule has 0 atom stereocenters. The minimum atomic E-state index is -0.530. The first-order chi connectivity index (χ1) is 14.2. The first-order valence-electron chi connectivity index (χ1n) is 9.02. The van der Waals surface area contributed by atoms with Gasteiger partial charge in [-0.05, 0) is 42.8 Å². The fraction of sp³-hybridized carbons (Fsp3) is 0.190. The SMILES string of the molecule is CCOc1ccccc1-c1noc(COC(=O)/C=C/c2ccc3c(c2)OCO3)n1. The molecule has 1 aliphatic rings. The van der Waals surface area contributed by atoms with E-state index in [0.29, 0.717) is 35.2 Å². The maximum atomic E-state index is 12.0. The molecule has 0 spiro atoms. The zero-order chi connectivity index (χ0) is 20.1. The monoisotopic (exact) mass is 394 g/mol. The molecule has 2 heterocycles. The van der Waals surface area contributed by atoms with E-state index in [9.17, 15) is 4.79 Å². The number of benzene rings is 2. The number of fused-ring (bicyclic) bond motifs is 1. The molecular weight excluding hydrogens is 376 g/mol. The van der Waals surface area contributed by atoms with E-state index in [1.807, 2.05) is 37.3 Å². The van der Waals surface area contributed by atoms with E-state index in [0.717, 1.165) is 5.56 Å². The van der Waals surface area contributed by atoms with E-state index < -0.39 is 5.97 Å². The van der Waals surface area contributed by atoms with E-state index in [1.165, 1.54) is 6.08 Å². The summed E-state index contributed by atoms with van der Waals surface area (Å²) in [6.07, 6.45) is 2.95. The third-order valence-electron chi connectivity index (χ3n) is 4.04. The van der Waals surface area contributed by atoms with Crippen molar-refractivity contribution in [3.63, 3.8) is 0 Å². The van der Waals surface area contributed by atoms with Crippen LogP contribution in [0.4, 0.5) is 0 Å². The van der Waals surface area contributed by atoms with Crippen LogP contribution in [-0.4, -0.2) is 29.5 Å². The molecule has 0 N–H and O–H groups in total. The van der Waals surface area contributed by atoms with E-state index in [2.05, 4.69) is 10.1 Å². The second-order valence-corrected chi connectivity index (χ2v) is 5.99. The zero-order valence-corrected chi connectivity index (χ0v) is 15.7. The summed E-state index contributed by atoms with van der Waals surface area (Å²) in [7, 11) is 0. The highest BCUT2D eigenvalue weighted by Gasteiger charge is 2.15. The summed E-state index contributed by atoms with van der Waals surface area (Å²) in [6, 6.07) is 12.8. The lowest BCUT2D eigenvalue weighted by Crippen LogP contribution is -2.01. The number of nitrogens with zero attached hydrogens (tertiary/aromatic N) is 2. The molecule has 0 radical (unpaired) electrons. The van der Waals surface area contributed by atoms with Crippen molar-refractivity contribution in [1.82, 2.24) is 10.1 Å². The molecule has 0 saturated carbocycles. The van der Waals surface area contributed by atoms with Gasteiger partial charge in [0.2, 0.25) is 12.6 Å². The molecule has 0 fully saturated rings. The van der Waals surface area contributed by atoms with Crippen LogP contribution in [0.1, 0.15) is 18.4 Å². The first-order valence-corrected chi connectivity index (χ1v) is 9.02. The third kappa shape index (κ3) is 4.37. The normalized spacial score (nSPS) is 12.3. The summed E-state index contributed by atoms with van der Waals surface area (Å²) >= 11 is 0. The summed E-state index contributed by atoms with van der Waals surface area (Å²) in [5, 5.41) is 3.93. The minimum absolute atomic E-state index is 0.131. The summed E-state index contributed by atoms with van der Waals surface area (Å²) in [5.74, 6) is 2.02. The fourth-order valence-electron chi connectivity index (χ4n) is 2.72. The van der Waals surface area contributed by atoms with E-state index in [4.69, 9.17) is 23.5 Å². The number of para-hydroxylation sites is 1. The van der Waals surface area contributed by atoms with Crippen LogP contribution < -0.4 is 14.2 Å². The maximum absolute atomic E-state index is 12.0. The van der Waals surface area contributed by atoms with Crippen molar-refractivity contribution < 1.29 is 28.3 Å². The van der Waals surface area contributed by atoms with Crippen LogP contribution in [0.2, 0.25) is 0 Å². The molecule has 1 aromatic heterocycles. The second kappa shape index (κ2) is 8.47. The molecule has 4 rings (SSSR count). The Hall–Kier alpha value is -3.81. The highest BCUT2D eigenvalue weighted by atomic mass is 16.7. The van der Waals surface area contributed by atoms with Gasteiger partial charge in [-0.3, -0.25) is 0 Å². The van der Waals surface area contributed by atoms with E-state index >= 15 is 0 Å². The van der Waals surface area contributed by atoms with E-state index in [1.54, 1.807) is 18.2 Å². The lowest BCUT2D eigenvalue weighted by atomic mass is 10.2. The number of rotatable bonds is 7. The molecule has 1 aliphatic heterocycles. The lowest BCUT2D eigenvalue weighted by Gasteiger charge is -2.05. The summed E-state index contributed by atoms with van der Waals surface area (Å²) in [5.41, 5.74) is 1.50. The third-order valence-corrected chi connectivity index (χ3v) is 4.04. The average molecular weight is 394 g/mol. The molecule has 2 aromatic carbocycles. The van der Waals surface area contributed by atoms with Crippen molar-refractivity contribution in [2.75, 3.05) is 13.4 Å². The van der Waals surface area contributed by atoms with Crippen molar-refractivity contribution >= 4 is 12.0 Å². The van der Waals surface area contributed by atoms with Crippen LogP contribution >= 0.6 is 0 Å². The molecule has 0 bridgehead atoms. The Morgan fingerprint density at radius 2 is 2.03 bits per heavy atom. The van der Waals surface area contributed by atoms with Gasteiger partial charge in [0.15, 0.2) is 18.1 Å². The van der Waals surface area contributed by atoms with Crippen LogP contribution in [0.25, 0.3) is 17.5 Å². The number of aromatic nitrogens is 2. The topological polar surface area (TPSA) is 92.9 Å². The molecule has 0 unspecified atom stereocenters. The van der Waals surface area contributed by atoms with Crippen molar-refractivity contribution in [1.29, 1.82) is 0 Å². The number of esters is 1. The smallest absolute Gasteiger partial charge is 0.331 e. The molecule has 8 heteroatoms. The van der Waals surface area contributed by atoms with Gasteiger partial charge in [0, 0.05) is 6.08 Å². The summed E-state index contributed by atoms with van der Waals surface area (Å²) in [4.78, 5) is 16.2. The van der Waals surface area contributed by atoms with Crippen LogP contribution in [0.15, 0.2) is 53.1 Å². The van der Waals surface area contributed by atoms with Gasteiger partial charge in [-0.25, -0.2) is 4.79 Å². The van der Waals surface area contributed by atoms with Gasteiger partial charge < -0.3 is 23.5 Å². The Labute approximate surface area is 166 Å². The Bertz CT molecular complexity index is 1040. The molecule has 8 nitrogen and oxygen atoms in total. The van der Waals surface area contributed by atoms with Crippen LogP contribution in [-0.2, 0) is 16.1 Å². The standard InChI is InChI=1S/C21H18N2O6/c1-2-25-16-6-4-3-5-15(16)21-22-19(29-23-21)12-26-20(24)10-8-14-7-9-17-18(11-14)28-13-27-17/h3-11H,2,12-13H2,1H3/b10-8+. The van der Waals surface area contributed by atoms with Crippen molar-refractivity contribution in [3.8, 4) is 28.6 Å². The number of carbonyl (C=O) groups is 1. The average Bonchev–Trinajstić information content (AvgIpc) is 3.40. The number of carbonyl (C=O) groups excluding carboxylic acids is 1. The number of hydrogen-bond donors (Lipinski definition) is 0. The molecule has 3 aromatic rings. The molecule has 148 valence electrons. The van der Waals surface area contributed by atoms with Crippen molar-refractivity contribution in [2.45, 2.75) is 13.5 Å². The fourth-order valence-corrected chi connectivity index (χ4v) is 2.72. The second-order valence-electron chi connectivity index (χ2n) is 5.99. The van der Waals surface area contributed by atoms with Crippen LogP contribution in [0, 0.1) is 0 Å². The zero-order valence-electron chi connectivity index (χ0n) is 15.7. The van der Waals surface area contributed by atoms with Crippen molar-refractivity contribution in [3.05, 3.63) is 60.0 Å². The van der Waals surface area contributed by atoms with Gasteiger partial charge in [0.05, 0.1) is 12.2 Å². The van der Waals surface area contributed by atoms with Gasteiger partial charge in [-0.2, -0.15) is 4.98 Å². The molecule has 0 aliphatic carbocycles. The summed E-state index contributed by atoms with van der Waals surface area (Å²) < 4.78 is 26.5. The first kappa shape index (κ1) is 18.5. The Kier molecular flexibility index (Phi) is 5.42. The van der Waals surface area contributed by atoms with Gasteiger partial charge >= 0.3 is 5.97 Å². The number of ether oxygens (including phenoxy) is 4. The highest BCUT2D eigenvalue weighted by Crippen LogP contribution is 2.32. The minimum Gasteiger partial charge on any atom is -0.493 e. The lowest BCUT2D eigenvalue weighted by molar-refractivity contribution is -0.139. The molecule has 0 saturated heterocycles. The van der Waals surface area contributed by atoms with Gasteiger partial charge in [-0.15, -0.1) is 0 Å². The molecule has 29 heavy (non-hydrogen) atoms. The van der Waals surface area contributed by atoms with Crippen molar-refractivity contribution in [2.24, 2.45) is 0 Å². The predicted octanol–water partition coefficient (Wildman–Crippen LogP) is 3.62. The predicted molar refractivity (Wildman–Crippen MR) is 102 cm³/mol. The Morgan fingerprint density at radius 1 is 1.17 bits per heavy atom. The maximum Gasteiger partial charge on any atom is 0.331 e. The van der Waals surface area contributed by atoms with Gasteiger partial charge in [-0.1, -0.05) is 23.4 Å². The number of hydrogen-bond acceptors (Lipinski definition) is 8.